The van der Waals surface area contributed by atoms with Crippen molar-refractivity contribution >= 4 is 28.8 Å². The number of anilines is 1. The number of amides is 1. The van der Waals surface area contributed by atoms with E-state index in [9.17, 15) is 4.79 Å². The zero-order chi connectivity index (χ0) is 15.7. The normalized spacial score (nSPS) is 20.8. The van der Waals surface area contributed by atoms with E-state index in [2.05, 4.69) is 15.6 Å². The van der Waals surface area contributed by atoms with E-state index < -0.39 is 5.60 Å². The van der Waals surface area contributed by atoms with Crippen molar-refractivity contribution in [2.24, 2.45) is 5.16 Å². The molecular formula is C15H18N4O2S. The maximum atomic E-state index is 12.6. The average Bonchev–Trinajstić information content (AvgIpc) is 3.17. The van der Waals surface area contributed by atoms with Crippen molar-refractivity contribution in [1.29, 1.82) is 0 Å². The fourth-order valence-corrected chi connectivity index (χ4v) is 3.02. The summed E-state index contributed by atoms with van der Waals surface area (Å²) in [6, 6.07) is 5.88. The molecule has 1 atom stereocenters. The van der Waals surface area contributed by atoms with E-state index in [4.69, 9.17) is 4.84 Å². The van der Waals surface area contributed by atoms with E-state index in [0.29, 0.717) is 12.2 Å². The molecule has 3 rings (SSSR count). The molecule has 2 aromatic heterocycles. The molecule has 1 N–H and O–H groups in total. The Hall–Kier alpha value is -2.15. The van der Waals surface area contributed by atoms with E-state index in [-0.39, 0.29) is 11.9 Å². The molecule has 0 aliphatic carbocycles. The van der Waals surface area contributed by atoms with Gasteiger partial charge in [0.25, 0.3) is 5.91 Å². The van der Waals surface area contributed by atoms with E-state index in [0.717, 1.165) is 10.6 Å². The number of hydrogen-bond donors (Lipinski definition) is 1. The maximum absolute atomic E-state index is 12.6. The van der Waals surface area contributed by atoms with E-state index in [1.54, 1.807) is 35.2 Å². The number of nitrogens with one attached hydrogen (secondary N) is 1. The second-order valence-corrected chi connectivity index (χ2v) is 6.67. The van der Waals surface area contributed by atoms with E-state index >= 15 is 0 Å². The van der Waals surface area contributed by atoms with E-state index in [1.807, 2.05) is 31.4 Å². The molecule has 0 unspecified atom stereocenters. The lowest BCUT2D eigenvalue weighted by Gasteiger charge is -2.21. The van der Waals surface area contributed by atoms with Crippen molar-refractivity contribution in [3.63, 3.8) is 0 Å². The van der Waals surface area contributed by atoms with Gasteiger partial charge in [-0.15, -0.1) is 11.3 Å². The number of oxime groups is 1. The van der Waals surface area contributed by atoms with Crippen LogP contribution < -0.4 is 5.32 Å². The minimum absolute atomic E-state index is 0.167. The molecule has 0 saturated heterocycles. The van der Waals surface area contributed by atoms with Crippen molar-refractivity contribution in [3.05, 3.63) is 34.7 Å². The van der Waals surface area contributed by atoms with Crippen LogP contribution in [0.25, 0.3) is 0 Å². The third kappa shape index (κ3) is 2.64. The van der Waals surface area contributed by atoms with Gasteiger partial charge in [0.2, 0.25) is 5.60 Å². The number of carbonyl (C=O) groups is 1. The van der Waals surface area contributed by atoms with Crippen LogP contribution in [0, 0.1) is 0 Å². The lowest BCUT2D eigenvalue weighted by Crippen LogP contribution is -2.40. The summed E-state index contributed by atoms with van der Waals surface area (Å²) >= 11 is 1.59. The number of thiophene rings is 1. The van der Waals surface area contributed by atoms with Gasteiger partial charge in [-0.05, 0) is 32.2 Å². The van der Waals surface area contributed by atoms with Gasteiger partial charge in [0.15, 0.2) is 0 Å². The van der Waals surface area contributed by atoms with Crippen molar-refractivity contribution in [2.45, 2.75) is 38.8 Å². The number of rotatable bonds is 4. The van der Waals surface area contributed by atoms with Gasteiger partial charge < -0.3 is 10.2 Å². The fraction of sp³-hybridized carbons (Fsp3) is 0.400. The van der Waals surface area contributed by atoms with Gasteiger partial charge in [-0.3, -0.25) is 4.79 Å². The predicted molar refractivity (Wildman–Crippen MR) is 86.2 cm³/mol. The fourth-order valence-electron chi connectivity index (χ4n) is 2.31. The Labute approximate surface area is 132 Å². The molecule has 116 valence electrons. The second-order valence-electron chi connectivity index (χ2n) is 5.72. The minimum atomic E-state index is -0.995. The summed E-state index contributed by atoms with van der Waals surface area (Å²) in [5, 5.41) is 13.2. The smallest absolute Gasteiger partial charge is 0.272 e. The Morgan fingerprint density at radius 1 is 1.50 bits per heavy atom. The monoisotopic (exact) mass is 318 g/mol. The zero-order valence-electron chi connectivity index (χ0n) is 12.7. The third-order valence-electron chi connectivity index (χ3n) is 3.55. The van der Waals surface area contributed by atoms with Gasteiger partial charge in [-0.25, -0.2) is 4.68 Å². The lowest BCUT2D eigenvalue weighted by molar-refractivity contribution is -0.136. The summed E-state index contributed by atoms with van der Waals surface area (Å²) in [5.74, 6) is 0.444. The van der Waals surface area contributed by atoms with Crippen LogP contribution in [0.4, 0.5) is 5.82 Å². The molecule has 2 aromatic rings. The van der Waals surface area contributed by atoms with Gasteiger partial charge in [0.1, 0.15) is 11.5 Å². The molecule has 0 aromatic carbocycles. The van der Waals surface area contributed by atoms with Crippen molar-refractivity contribution in [1.82, 2.24) is 9.78 Å². The summed E-state index contributed by atoms with van der Waals surface area (Å²) in [4.78, 5) is 19.0. The standard InChI is InChI=1S/C15H18N4O2S/c1-10(2)19-13(6-7-16-19)17-14(20)15(3)9-11(18-21-15)12-5-4-8-22-12/h4-8,10H,9H2,1-3H3,(H,17,20)/t15-/m0/s1. The number of hydrogen-bond acceptors (Lipinski definition) is 5. The first kappa shape index (κ1) is 14.8. The van der Waals surface area contributed by atoms with Crippen LogP contribution >= 0.6 is 11.3 Å². The van der Waals surface area contributed by atoms with Gasteiger partial charge in [-0.1, -0.05) is 11.2 Å². The van der Waals surface area contributed by atoms with Crippen LogP contribution in [0.1, 0.15) is 38.1 Å². The molecule has 7 heteroatoms. The zero-order valence-corrected chi connectivity index (χ0v) is 13.6. The first-order valence-electron chi connectivity index (χ1n) is 7.13. The summed E-state index contributed by atoms with van der Waals surface area (Å²) in [6.45, 7) is 5.77. The van der Waals surface area contributed by atoms with Crippen molar-refractivity contribution < 1.29 is 9.63 Å². The molecule has 0 fully saturated rings. The van der Waals surface area contributed by atoms with Crippen LogP contribution in [0.5, 0.6) is 0 Å². The molecule has 0 spiro atoms. The summed E-state index contributed by atoms with van der Waals surface area (Å²) in [5.41, 5.74) is -0.184. The van der Waals surface area contributed by atoms with Crippen molar-refractivity contribution in [2.75, 3.05) is 5.32 Å². The van der Waals surface area contributed by atoms with Crippen LogP contribution in [-0.2, 0) is 9.63 Å². The molecule has 6 nitrogen and oxygen atoms in total. The van der Waals surface area contributed by atoms with E-state index in [1.165, 1.54) is 0 Å². The number of nitrogens with zero attached hydrogens (tertiary/aromatic N) is 3. The predicted octanol–water partition coefficient (Wildman–Crippen LogP) is 3.05. The topological polar surface area (TPSA) is 68.5 Å². The molecular weight excluding hydrogens is 300 g/mol. The Bertz CT molecular complexity index is 705. The highest BCUT2D eigenvalue weighted by Crippen LogP contribution is 2.29. The average molecular weight is 318 g/mol. The first-order chi connectivity index (χ1) is 10.5. The first-order valence-corrected chi connectivity index (χ1v) is 8.01. The maximum Gasteiger partial charge on any atom is 0.272 e. The van der Waals surface area contributed by atoms with Crippen LogP contribution in [0.3, 0.4) is 0 Å². The SMILES string of the molecule is CC(C)n1nccc1NC(=O)[C@]1(C)CC(c2cccs2)=NO1. The van der Waals surface area contributed by atoms with Crippen molar-refractivity contribution in [3.8, 4) is 0 Å². The summed E-state index contributed by atoms with van der Waals surface area (Å²) in [6.07, 6.45) is 2.12. The van der Waals surface area contributed by atoms with Crippen LogP contribution in [-0.4, -0.2) is 27.0 Å². The van der Waals surface area contributed by atoms with Gasteiger partial charge in [0, 0.05) is 18.5 Å². The van der Waals surface area contributed by atoms with Gasteiger partial charge >= 0.3 is 0 Å². The summed E-state index contributed by atoms with van der Waals surface area (Å²) in [7, 11) is 0. The van der Waals surface area contributed by atoms with Crippen LogP contribution in [0.15, 0.2) is 34.9 Å². The lowest BCUT2D eigenvalue weighted by atomic mass is 9.98. The largest absolute Gasteiger partial charge is 0.379 e. The highest BCUT2D eigenvalue weighted by atomic mass is 32.1. The Kier molecular flexibility index (Phi) is 3.74. The Morgan fingerprint density at radius 3 is 3.00 bits per heavy atom. The van der Waals surface area contributed by atoms with Crippen LogP contribution in [0.2, 0.25) is 0 Å². The highest BCUT2D eigenvalue weighted by molar-refractivity contribution is 7.12. The Balaban J connectivity index is 1.72. The Morgan fingerprint density at radius 2 is 2.32 bits per heavy atom. The molecule has 3 heterocycles. The second kappa shape index (κ2) is 5.57. The highest BCUT2D eigenvalue weighted by Gasteiger charge is 2.42. The van der Waals surface area contributed by atoms with Gasteiger partial charge in [0.05, 0.1) is 11.1 Å². The molecule has 0 radical (unpaired) electrons. The molecule has 22 heavy (non-hydrogen) atoms. The molecule has 1 amide bonds. The van der Waals surface area contributed by atoms with Gasteiger partial charge in [-0.2, -0.15) is 5.10 Å². The molecule has 0 bridgehead atoms. The number of carbonyl (C=O) groups excluding carboxylic acids is 1. The molecule has 1 aliphatic rings. The molecule has 1 aliphatic heterocycles. The number of aromatic nitrogens is 2. The quantitative estimate of drug-likeness (QED) is 0.942. The third-order valence-corrected chi connectivity index (χ3v) is 4.47. The summed E-state index contributed by atoms with van der Waals surface area (Å²) < 4.78 is 1.76. The minimum Gasteiger partial charge on any atom is -0.379 e. The molecule has 0 saturated carbocycles.